The van der Waals surface area contributed by atoms with Crippen molar-refractivity contribution in [2.45, 2.75) is 71.5 Å². The largest absolute Gasteiger partial charge is 0.388 e. The first-order chi connectivity index (χ1) is 19.4. The molecule has 0 radical (unpaired) electrons. The Morgan fingerprint density at radius 1 is 1.10 bits per heavy atom. The molecule has 2 saturated heterocycles. The summed E-state index contributed by atoms with van der Waals surface area (Å²) in [5.41, 5.74) is 1.31. The van der Waals surface area contributed by atoms with Crippen molar-refractivity contribution in [3.63, 3.8) is 0 Å². The zero-order valence-corrected chi connectivity index (χ0v) is 24.1. The van der Waals surface area contributed by atoms with Gasteiger partial charge in [0.05, 0.1) is 18.8 Å². The summed E-state index contributed by atoms with van der Waals surface area (Å²) in [6.07, 6.45) is 5.00. The Labute approximate surface area is 243 Å². The number of nitrogens with zero attached hydrogens (tertiary/aromatic N) is 1. The molecule has 1 aromatic heterocycles. The summed E-state index contributed by atoms with van der Waals surface area (Å²) in [4.78, 5) is 18.8. The number of aliphatic hydroxyl groups is 3. The molecular weight excluding hydrogens is 550 g/mol. The Morgan fingerprint density at radius 2 is 1.90 bits per heavy atom. The second-order valence-corrected chi connectivity index (χ2v) is 12.8. The van der Waals surface area contributed by atoms with Crippen LogP contribution in [0, 0.1) is 5.92 Å². The molecule has 0 aliphatic carbocycles. The number of hydrogen-bond donors (Lipinski definition) is 5. The Bertz CT molecular complexity index is 1150. The second kappa shape index (κ2) is 13.3. The van der Waals surface area contributed by atoms with E-state index in [0.29, 0.717) is 13.2 Å². The molecular formula is C29H37N3O6S2. The summed E-state index contributed by atoms with van der Waals surface area (Å²) < 4.78 is 12.1. The summed E-state index contributed by atoms with van der Waals surface area (Å²) in [5.74, 6) is -0.0386. The molecule has 0 bridgehead atoms. The van der Waals surface area contributed by atoms with E-state index in [1.807, 2.05) is 55.6 Å². The quantitative estimate of drug-likeness (QED) is 0.230. The van der Waals surface area contributed by atoms with Gasteiger partial charge < -0.3 is 35.4 Å². The van der Waals surface area contributed by atoms with Gasteiger partial charge in [0.2, 0.25) is 5.91 Å². The third kappa shape index (κ3) is 6.42. The number of carbonyl (C=O) groups is 1. The summed E-state index contributed by atoms with van der Waals surface area (Å²) >= 11 is 2.79. The van der Waals surface area contributed by atoms with E-state index in [1.54, 1.807) is 12.5 Å². The fourth-order valence-corrected chi connectivity index (χ4v) is 7.38. The van der Waals surface area contributed by atoms with Crippen LogP contribution in [0.4, 0.5) is 0 Å². The minimum Gasteiger partial charge on any atom is -0.388 e. The number of pyridine rings is 1. The molecule has 1 amide bonds. The number of hydrogen-bond acceptors (Lipinski definition) is 10. The van der Waals surface area contributed by atoms with Crippen LogP contribution in [0.15, 0.2) is 65.8 Å². The Hall–Kier alpha value is -1.96. The maximum absolute atomic E-state index is 13.7. The van der Waals surface area contributed by atoms with Gasteiger partial charge >= 0.3 is 0 Å². The third-order valence-electron chi connectivity index (χ3n) is 7.84. The van der Waals surface area contributed by atoms with Gasteiger partial charge in [-0.1, -0.05) is 37.3 Å². The monoisotopic (exact) mass is 587 g/mol. The number of nitrogens with one attached hydrogen (secondary N) is 2. The Kier molecular flexibility index (Phi) is 9.85. The highest BCUT2D eigenvalue weighted by atomic mass is 32.2. The van der Waals surface area contributed by atoms with Gasteiger partial charge in [-0.25, -0.2) is 0 Å². The lowest BCUT2D eigenvalue weighted by atomic mass is 9.92. The standard InChI is InChI=1S/C29H37N3O6S2/c1-16(40-20-10-8-17(9-11-20)18-7-5-12-30-14-18)21(27-24(34)23(33)25(35)29(38-27)39-2)32-28(36)22-26-19(15-31-22)6-3-4-13-37-26/h3-5,7-12,14,16,19,21-27,29,31,33-35H,6,13,15H2,1-2H3,(H,32,36)/t16-,19-,21+,22-,23?,24?,25+,26+,27+,29?/m0/s1. The number of carbonyl (C=O) groups excluding carboxylic acids is 1. The molecule has 3 aliphatic rings. The fourth-order valence-electron chi connectivity index (χ4n) is 5.61. The lowest BCUT2D eigenvalue weighted by Gasteiger charge is -2.44. The predicted molar refractivity (Wildman–Crippen MR) is 156 cm³/mol. The van der Waals surface area contributed by atoms with Gasteiger partial charge in [0.1, 0.15) is 35.9 Å². The molecule has 0 spiro atoms. The molecule has 4 heterocycles. The molecule has 11 heteroatoms. The fraction of sp³-hybridized carbons (Fsp3) is 0.517. The van der Waals surface area contributed by atoms with E-state index in [0.717, 1.165) is 22.4 Å². The number of amides is 1. The van der Waals surface area contributed by atoms with Crippen molar-refractivity contribution in [2.75, 3.05) is 19.4 Å². The first-order valence-corrected chi connectivity index (χ1v) is 15.7. The lowest BCUT2D eigenvalue weighted by molar-refractivity contribution is -0.205. The molecule has 216 valence electrons. The minimum atomic E-state index is -1.41. The highest BCUT2D eigenvalue weighted by Gasteiger charge is 2.49. The van der Waals surface area contributed by atoms with Gasteiger partial charge in [-0.3, -0.25) is 9.78 Å². The van der Waals surface area contributed by atoms with E-state index in [-0.39, 0.29) is 23.2 Å². The number of allylic oxidation sites excluding steroid dienone is 1. The maximum Gasteiger partial charge on any atom is 0.240 e. The average Bonchev–Trinajstić information content (AvgIpc) is 3.24. The van der Waals surface area contributed by atoms with Gasteiger partial charge in [-0.05, 0) is 42.0 Å². The molecule has 2 aromatic rings. The molecule has 40 heavy (non-hydrogen) atoms. The molecule has 3 unspecified atom stereocenters. The van der Waals surface area contributed by atoms with Crippen molar-refractivity contribution >= 4 is 29.4 Å². The van der Waals surface area contributed by atoms with Crippen molar-refractivity contribution in [1.29, 1.82) is 0 Å². The van der Waals surface area contributed by atoms with Gasteiger partial charge in [-0.15, -0.1) is 23.5 Å². The highest BCUT2D eigenvalue weighted by molar-refractivity contribution is 8.00. The van der Waals surface area contributed by atoms with Crippen LogP contribution in [-0.2, 0) is 14.3 Å². The highest BCUT2D eigenvalue weighted by Crippen LogP contribution is 2.35. The number of thioether (sulfide) groups is 2. The average molecular weight is 588 g/mol. The summed E-state index contributed by atoms with van der Waals surface area (Å²) in [7, 11) is 0. The van der Waals surface area contributed by atoms with Gasteiger partial charge in [-0.2, -0.15) is 0 Å². The number of fused-ring (bicyclic) bond motifs is 1. The van der Waals surface area contributed by atoms with E-state index in [4.69, 9.17) is 9.47 Å². The van der Waals surface area contributed by atoms with Crippen molar-refractivity contribution in [3.05, 3.63) is 60.9 Å². The number of rotatable bonds is 8. The predicted octanol–water partition coefficient (Wildman–Crippen LogP) is 1.82. The Balaban J connectivity index is 1.36. The van der Waals surface area contributed by atoms with E-state index in [9.17, 15) is 20.1 Å². The van der Waals surface area contributed by atoms with Gasteiger partial charge in [0, 0.05) is 35.0 Å². The topological polar surface area (TPSA) is 133 Å². The first kappa shape index (κ1) is 29.5. The molecule has 5 rings (SSSR count). The van der Waals surface area contributed by atoms with Crippen LogP contribution in [0.5, 0.6) is 0 Å². The van der Waals surface area contributed by atoms with Gasteiger partial charge in [0.15, 0.2) is 0 Å². The number of aliphatic hydroxyl groups excluding tert-OH is 3. The summed E-state index contributed by atoms with van der Waals surface area (Å²) in [5, 5.41) is 38.3. The molecule has 9 nitrogen and oxygen atoms in total. The van der Waals surface area contributed by atoms with Crippen LogP contribution in [0.2, 0.25) is 0 Å². The molecule has 10 atom stereocenters. The SMILES string of the molecule is CSC1O[C@H]([C@H](NC(=O)[C@H]2NC[C@@H]3CC=CCO[C@H]32)[C@H](C)Sc2ccc(-c3cccnc3)cc2)C(O)C(O)[C@H]1O. The lowest BCUT2D eigenvalue weighted by Crippen LogP contribution is -2.65. The molecule has 2 fully saturated rings. The van der Waals surface area contributed by atoms with Crippen LogP contribution < -0.4 is 10.6 Å². The maximum atomic E-state index is 13.7. The van der Waals surface area contributed by atoms with E-state index < -0.39 is 41.9 Å². The van der Waals surface area contributed by atoms with Crippen molar-refractivity contribution in [3.8, 4) is 11.1 Å². The van der Waals surface area contributed by atoms with E-state index in [1.165, 1.54) is 23.5 Å². The number of aromatic nitrogens is 1. The molecule has 5 N–H and O–H groups in total. The molecule has 3 aliphatic heterocycles. The normalized spacial score (nSPS) is 33.5. The summed E-state index contributed by atoms with van der Waals surface area (Å²) in [6.45, 7) is 3.10. The van der Waals surface area contributed by atoms with Crippen LogP contribution in [0.1, 0.15) is 13.3 Å². The zero-order chi connectivity index (χ0) is 28.2. The Morgan fingerprint density at radius 3 is 2.62 bits per heavy atom. The van der Waals surface area contributed by atoms with E-state index in [2.05, 4.69) is 21.7 Å². The zero-order valence-electron chi connectivity index (χ0n) is 22.5. The number of benzene rings is 1. The molecule has 1 aromatic carbocycles. The van der Waals surface area contributed by atoms with Crippen molar-refractivity contribution < 1.29 is 29.6 Å². The van der Waals surface area contributed by atoms with Crippen LogP contribution in [0.25, 0.3) is 11.1 Å². The minimum absolute atomic E-state index is 0.201. The first-order valence-electron chi connectivity index (χ1n) is 13.6. The summed E-state index contributed by atoms with van der Waals surface area (Å²) in [6, 6.07) is 10.8. The van der Waals surface area contributed by atoms with Gasteiger partial charge in [0.25, 0.3) is 0 Å². The van der Waals surface area contributed by atoms with Crippen LogP contribution in [-0.4, -0.2) is 98.9 Å². The van der Waals surface area contributed by atoms with Crippen LogP contribution in [0.3, 0.4) is 0 Å². The number of ether oxygens (including phenoxy) is 2. The molecule has 0 saturated carbocycles. The van der Waals surface area contributed by atoms with E-state index >= 15 is 0 Å². The second-order valence-electron chi connectivity index (χ2n) is 10.5. The van der Waals surface area contributed by atoms with Crippen LogP contribution >= 0.6 is 23.5 Å². The van der Waals surface area contributed by atoms with Crippen molar-refractivity contribution in [1.82, 2.24) is 15.6 Å². The third-order valence-corrected chi connectivity index (χ3v) is 9.91. The van der Waals surface area contributed by atoms with Crippen molar-refractivity contribution in [2.24, 2.45) is 5.92 Å². The smallest absolute Gasteiger partial charge is 0.240 e.